The Bertz CT molecular complexity index is 649. The van der Waals surface area contributed by atoms with Crippen molar-refractivity contribution >= 4 is 72.3 Å². The summed E-state index contributed by atoms with van der Waals surface area (Å²) in [4.78, 5) is 12.2. The predicted octanol–water partition coefficient (Wildman–Crippen LogP) is 5.35. The lowest BCUT2D eigenvalue weighted by atomic mass is 10.2. The van der Waals surface area contributed by atoms with Crippen LogP contribution in [0.5, 0.6) is 0 Å². The van der Waals surface area contributed by atoms with E-state index in [1.807, 2.05) is 0 Å². The van der Waals surface area contributed by atoms with Gasteiger partial charge in [-0.1, -0.05) is 55.1 Å². The molecular formula is C13H8Br2Cl2N2O. The minimum Gasteiger partial charge on any atom is -0.399 e. The number of nitrogens with two attached hydrogens (primary N) is 1. The van der Waals surface area contributed by atoms with Gasteiger partial charge in [-0.25, -0.2) is 0 Å². The maximum Gasteiger partial charge on any atom is 0.255 e. The van der Waals surface area contributed by atoms with Crippen molar-refractivity contribution in [2.75, 3.05) is 11.1 Å². The number of hydrogen-bond acceptors (Lipinski definition) is 2. The molecule has 2 aromatic carbocycles. The zero-order valence-corrected chi connectivity index (χ0v) is 14.6. The Morgan fingerprint density at radius 1 is 1.00 bits per heavy atom. The minimum atomic E-state index is -0.343. The highest BCUT2D eigenvalue weighted by Crippen LogP contribution is 2.34. The Kier molecular flexibility index (Phi) is 4.96. The van der Waals surface area contributed by atoms with Crippen LogP contribution in [0, 0.1) is 0 Å². The molecule has 0 aromatic heterocycles. The molecule has 0 heterocycles. The Morgan fingerprint density at radius 2 is 1.55 bits per heavy atom. The molecule has 20 heavy (non-hydrogen) atoms. The molecule has 104 valence electrons. The topological polar surface area (TPSA) is 55.1 Å². The summed E-state index contributed by atoms with van der Waals surface area (Å²) in [5.41, 5.74) is 6.96. The van der Waals surface area contributed by atoms with E-state index in [-0.39, 0.29) is 5.91 Å². The second-order valence-corrected chi connectivity index (χ2v) is 6.62. The first-order chi connectivity index (χ1) is 9.36. The van der Waals surface area contributed by atoms with Crippen molar-refractivity contribution in [2.24, 2.45) is 0 Å². The highest BCUT2D eigenvalue weighted by atomic mass is 79.9. The summed E-state index contributed by atoms with van der Waals surface area (Å²) in [7, 11) is 0. The number of nitrogens with one attached hydrogen (secondary N) is 1. The quantitative estimate of drug-likeness (QED) is 0.621. The van der Waals surface area contributed by atoms with Crippen LogP contribution in [0.1, 0.15) is 10.4 Å². The molecule has 0 aliphatic heterocycles. The average molecular weight is 439 g/mol. The molecule has 3 N–H and O–H groups in total. The number of halogens is 4. The zero-order chi connectivity index (χ0) is 14.9. The molecule has 1 amide bonds. The Morgan fingerprint density at radius 3 is 2.10 bits per heavy atom. The maximum absolute atomic E-state index is 12.2. The number of carbonyl (C=O) groups is 1. The molecule has 0 atom stereocenters. The van der Waals surface area contributed by atoms with Crippen LogP contribution >= 0.6 is 55.1 Å². The summed E-state index contributed by atoms with van der Waals surface area (Å²) in [5, 5.41) is 3.37. The number of amides is 1. The van der Waals surface area contributed by atoms with E-state index in [0.717, 1.165) is 8.95 Å². The fraction of sp³-hybridized carbons (Fsp3) is 0. The van der Waals surface area contributed by atoms with Gasteiger partial charge in [0, 0.05) is 20.2 Å². The summed E-state index contributed by atoms with van der Waals surface area (Å²) in [6.45, 7) is 0. The van der Waals surface area contributed by atoms with Crippen LogP contribution in [-0.4, -0.2) is 5.91 Å². The summed E-state index contributed by atoms with van der Waals surface area (Å²) < 4.78 is 1.45. The third-order valence-electron chi connectivity index (χ3n) is 2.43. The monoisotopic (exact) mass is 436 g/mol. The van der Waals surface area contributed by atoms with E-state index >= 15 is 0 Å². The molecule has 0 radical (unpaired) electrons. The minimum absolute atomic E-state index is 0.343. The van der Waals surface area contributed by atoms with Crippen LogP contribution in [-0.2, 0) is 0 Å². The van der Waals surface area contributed by atoms with Gasteiger partial charge >= 0.3 is 0 Å². The molecule has 0 fully saturated rings. The molecule has 7 heteroatoms. The van der Waals surface area contributed by atoms with E-state index in [9.17, 15) is 4.79 Å². The summed E-state index contributed by atoms with van der Waals surface area (Å²) >= 11 is 18.7. The standard InChI is InChI=1S/C13H8Br2Cl2N2O/c14-7-1-6(2-9(18)3-7)13(20)19-12-10(16)4-8(15)5-11(12)17/h1-5H,18H2,(H,19,20). The van der Waals surface area contributed by atoms with E-state index in [1.165, 1.54) is 0 Å². The van der Waals surface area contributed by atoms with Crippen molar-refractivity contribution in [1.29, 1.82) is 0 Å². The lowest BCUT2D eigenvalue weighted by Gasteiger charge is -2.10. The van der Waals surface area contributed by atoms with E-state index in [4.69, 9.17) is 28.9 Å². The lowest BCUT2D eigenvalue weighted by molar-refractivity contribution is 0.102. The second-order valence-electron chi connectivity index (χ2n) is 3.97. The maximum atomic E-state index is 12.2. The predicted molar refractivity (Wildman–Crippen MR) is 90.7 cm³/mol. The molecule has 0 bridgehead atoms. The SMILES string of the molecule is Nc1cc(Br)cc(C(=O)Nc2c(Cl)cc(Br)cc2Cl)c1. The highest BCUT2D eigenvalue weighted by molar-refractivity contribution is 9.10. The smallest absolute Gasteiger partial charge is 0.255 e. The number of nitrogen functional groups attached to an aromatic ring is 1. The fourth-order valence-corrected chi connectivity index (χ4v) is 3.40. The van der Waals surface area contributed by atoms with Crippen LogP contribution in [0.3, 0.4) is 0 Å². The van der Waals surface area contributed by atoms with Crippen molar-refractivity contribution in [2.45, 2.75) is 0 Å². The first kappa shape index (κ1) is 15.6. The molecule has 0 saturated carbocycles. The van der Waals surface area contributed by atoms with Crippen LogP contribution < -0.4 is 11.1 Å². The average Bonchev–Trinajstić information content (AvgIpc) is 2.32. The third kappa shape index (κ3) is 3.67. The molecule has 2 aromatic rings. The van der Waals surface area contributed by atoms with Gasteiger partial charge in [0.15, 0.2) is 0 Å². The van der Waals surface area contributed by atoms with Crippen molar-refractivity contribution < 1.29 is 4.79 Å². The molecule has 0 aliphatic carbocycles. The van der Waals surface area contributed by atoms with E-state index in [1.54, 1.807) is 30.3 Å². The van der Waals surface area contributed by atoms with Gasteiger partial charge in [-0.2, -0.15) is 0 Å². The van der Waals surface area contributed by atoms with Crippen LogP contribution in [0.25, 0.3) is 0 Å². The highest BCUT2D eigenvalue weighted by Gasteiger charge is 2.13. The van der Waals surface area contributed by atoms with Crippen molar-refractivity contribution in [3.05, 3.63) is 54.9 Å². The molecule has 2 rings (SSSR count). The molecular weight excluding hydrogens is 431 g/mol. The zero-order valence-electron chi connectivity index (χ0n) is 9.88. The number of hydrogen-bond donors (Lipinski definition) is 2. The van der Waals surface area contributed by atoms with Gasteiger partial charge in [-0.3, -0.25) is 4.79 Å². The number of rotatable bonds is 2. The normalized spacial score (nSPS) is 10.4. The third-order valence-corrected chi connectivity index (χ3v) is 3.94. The van der Waals surface area contributed by atoms with Gasteiger partial charge in [-0.05, 0) is 30.3 Å². The summed E-state index contributed by atoms with van der Waals surface area (Å²) in [6, 6.07) is 8.24. The molecule has 0 aliphatic rings. The Hall–Kier alpha value is -0.750. The van der Waals surface area contributed by atoms with Crippen molar-refractivity contribution in [1.82, 2.24) is 0 Å². The lowest BCUT2D eigenvalue weighted by Crippen LogP contribution is -2.13. The first-order valence-electron chi connectivity index (χ1n) is 5.39. The van der Waals surface area contributed by atoms with Gasteiger partial charge in [0.1, 0.15) is 0 Å². The molecule has 0 unspecified atom stereocenters. The number of benzene rings is 2. The Balaban J connectivity index is 2.32. The second kappa shape index (κ2) is 6.35. The van der Waals surface area contributed by atoms with E-state index in [0.29, 0.717) is 27.0 Å². The number of carbonyl (C=O) groups excluding carboxylic acids is 1. The van der Waals surface area contributed by atoms with E-state index in [2.05, 4.69) is 37.2 Å². The molecule has 0 saturated heterocycles. The van der Waals surface area contributed by atoms with Crippen LogP contribution in [0.15, 0.2) is 39.3 Å². The van der Waals surface area contributed by atoms with Gasteiger partial charge in [0.25, 0.3) is 5.91 Å². The molecule has 3 nitrogen and oxygen atoms in total. The van der Waals surface area contributed by atoms with Crippen molar-refractivity contribution in [3.8, 4) is 0 Å². The van der Waals surface area contributed by atoms with Gasteiger partial charge in [-0.15, -0.1) is 0 Å². The number of anilines is 2. The van der Waals surface area contributed by atoms with Crippen LogP contribution in [0.2, 0.25) is 10.0 Å². The summed E-state index contributed by atoms with van der Waals surface area (Å²) in [6.07, 6.45) is 0. The Labute approximate surface area is 142 Å². The van der Waals surface area contributed by atoms with Gasteiger partial charge in [0.2, 0.25) is 0 Å². The van der Waals surface area contributed by atoms with E-state index < -0.39 is 0 Å². The van der Waals surface area contributed by atoms with Crippen LogP contribution in [0.4, 0.5) is 11.4 Å². The first-order valence-corrected chi connectivity index (χ1v) is 7.73. The molecule has 0 spiro atoms. The van der Waals surface area contributed by atoms with Gasteiger partial charge in [0.05, 0.1) is 15.7 Å². The largest absolute Gasteiger partial charge is 0.399 e. The summed E-state index contributed by atoms with van der Waals surface area (Å²) in [5.74, 6) is -0.343. The van der Waals surface area contributed by atoms with Crippen molar-refractivity contribution in [3.63, 3.8) is 0 Å². The fourth-order valence-electron chi connectivity index (χ4n) is 1.59. The van der Waals surface area contributed by atoms with Gasteiger partial charge < -0.3 is 11.1 Å².